The average molecular weight is 292 g/mol. The monoisotopic (exact) mass is 292 g/mol. The normalized spacial score (nSPS) is 19.2. The van der Waals surface area contributed by atoms with E-state index in [2.05, 4.69) is 48.2 Å². The van der Waals surface area contributed by atoms with E-state index in [0.29, 0.717) is 12.6 Å². The van der Waals surface area contributed by atoms with E-state index >= 15 is 0 Å². The molecule has 2 aliphatic heterocycles. The van der Waals surface area contributed by atoms with Gasteiger partial charge in [-0.25, -0.2) is 0 Å². The van der Waals surface area contributed by atoms with Gasteiger partial charge in [-0.15, -0.1) is 0 Å². The van der Waals surface area contributed by atoms with Crippen LogP contribution in [-0.2, 0) is 24.3 Å². The molecule has 2 aliphatic rings. The summed E-state index contributed by atoms with van der Waals surface area (Å²) in [5, 5.41) is 0. The zero-order chi connectivity index (χ0) is 15.1. The summed E-state index contributed by atoms with van der Waals surface area (Å²) in [5.41, 5.74) is 5.14. The maximum atomic E-state index is 12.7. The molecule has 3 heteroatoms. The molecule has 0 unspecified atom stereocenters. The molecule has 0 fully saturated rings. The van der Waals surface area contributed by atoms with E-state index in [9.17, 15) is 4.79 Å². The number of hydrogen-bond donors (Lipinski definition) is 0. The highest BCUT2D eigenvalue weighted by atomic mass is 16.2. The predicted molar refractivity (Wildman–Crippen MR) is 87.7 cm³/mol. The molecule has 0 aliphatic carbocycles. The SMILES string of the molecule is C[C@@H]1Cc2ccccc2N1CC(=O)N1Cc2ccccc2C1. The van der Waals surface area contributed by atoms with Gasteiger partial charge in [0.2, 0.25) is 5.91 Å². The van der Waals surface area contributed by atoms with Crippen LogP contribution >= 0.6 is 0 Å². The van der Waals surface area contributed by atoms with E-state index in [1.165, 1.54) is 22.4 Å². The molecule has 112 valence electrons. The van der Waals surface area contributed by atoms with Crippen LogP contribution < -0.4 is 4.90 Å². The number of anilines is 1. The molecule has 0 bridgehead atoms. The van der Waals surface area contributed by atoms with Crippen molar-refractivity contribution in [1.29, 1.82) is 0 Å². The maximum Gasteiger partial charge on any atom is 0.242 e. The van der Waals surface area contributed by atoms with Crippen LogP contribution in [0, 0.1) is 0 Å². The highest BCUT2D eigenvalue weighted by molar-refractivity contribution is 5.83. The fourth-order valence-electron chi connectivity index (χ4n) is 3.63. The minimum atomic E-state index is 0.222. The van der Waals surface area contributed by atoms with Gasteiger partial charge in [-0.3, -0.25) is 4.79 Å². The molecule has 4 rings (SSSR count). The first-order valence-electron chi connectivity index (χ1n) is 7.91. The Hall–Kier alpha value is -2.29. The van der Waals surface area contributed by atoms with E-state index in [4.69, 9.17) is 0 Å². The van der Waals surface area contributed by atoms with E-state index in [-0.39, 0.29) is 5.91 Å². The molecule has 0 radical (unpaired) electrons. The van der Waals surface area contributed by atoms with Gasteiger partial charge in [-0.1, -0.05) is 42.5 Å². The van der Waals surface area contributed by atoms with Gasteiger partial charge in [0, 0.05) is 24.8 Å². The molecule has 0 spiro atoms. The van der Waals surface area contributed by atoms with Gasteiger partial charge in [0.1, 0.15) is 0 Å². The Balaban J connectivity index is 1.50. The van der Waals surface area contributed by atoms with E-state index in [1.54, 1.807) is 0 Å². The van der Waals surface area contributed by atoms with Gasteiger partial charge in [0.15, 0.2) is 0 Å². The summed E-state index contributed by atoms with van der Waals surface area (Å²) in [6.45, 7) is 4.18. The number of fused-ring (bicyclic) bond motifs is 2. The molecule has 0 aromatic heterocycles. The Bertz CT molecular complexity index is 700. The fraction of sp³-hybridized carbons (Fsp3) is 0.316. The van der Waals surface area contributed by atoms with Crippen molar-refractivity contribution >= 4 is 11.6 Å². The van der Waals surface area contributed by atoms with Crippen LogP contribution in [-0.4, -0.2) is 23.4 Å². The van der Waals surface area contributed by atoms with E-state index < -0.39 is 0 Å². The minimum absolute atomic E-state index is 0.222. The Morgan fingerprint density at radius 3 is 2.27 bits per heavy atom. The third-order valence-electron chi connectivity index (χ3n) is 4.85. The van der Waals surface area contributed by atoms with Crippen LogP contribution in [0.4, 0.5) is 5.69 Å². The number of carbonyl (C=O) groups is 1. The lowest BCUT2D eigenvalue weighted by molar-refractivity contribution is -0.130. The highest BCUT2D eigenvalue weighted by Gasteiger charge is 2.30. The van der Waals surface area contributed by atoms with Crippen LogP contribution in [0.5, 0.6) is 0 Å². The molecule has 22 heavy (non-hydrogen) atoms. The maximum absolute atomic E-state index is 12.7. The van der Waals surface area contributed by atoms with Crippen molar-refractivity contribution in [3.63, 3.8) is 0 Å². The molecule has 0 N–H and O–H groups in total. The topological polar surface area (TPSA) is 23.6 Å². The third-order valence-corrected chi connectivity index (χ3v) is 4.85. The first-order chi connectivity index (χ1) is 10.7. The Morgan fingerprint density at radius 1 is 1.00 bits per heavy atom. The second kappa shape index (κ2) is 5.16. The van der Waals surface area contributed by atoms with Crippen LogP contribution in [0.15, 0.2) is 48.5 Å². The number of carbonyl (C=O) groups excluding carboxylic acids is 1. The number of nitrogens with zero attached hydrogens (tertiary/aromatic N) is 2. The Morgan fingerprint density at radius 2 is 1.59 bits per heavy atom. The van der Waals surface area contributed by atoms with Gasteiger partial charge in [-0.2, -0.15) is 0 Å². The van der Waals surface area contributed by atoms with Crippen molar-refractivity contribution in [3.05, 3.63) is 65.2 Å². The smallest absolute Gasteiger partial charge is 0.242 e. The number of rotatable bonds is 2. The number of benzene rings is 2. The fourth-order valence-corrected chi connectivity index (χ4v) is 3.63. The zero-order valence-electron chi connectivity index (χ0n) is 12.8. The van der Waals surface area contributed by atoms with Crippen molar-refractivity contribution in [3.8, 4) is 0 Å². The largest absolute Gasteiger partial charge is 0.359 e. The molecule has 2 aromatic carbocycles. The minimum Gasteiger partial charge on any atom is -0.359 e. The Kier molecular flexibility index (Phi) is 3.14. The highest BCUT2D eigenvalue weighted by Crippen LogP contribution is 2.32. The number of amides is 1. The lowest BCUT2D eigenvalue weighted by atomic mass is 10.1. The van der Waals surface area contributed by atoms with Crippen LogP contribution in [0.2, 0.25) is 0 Å². The summed E-state index contributed by atoms with van der Waals surface area (Å²) in [6.07, 6.45) is 1.03. The van der Waals surface area contributed by atoms with Gasteiger partial charge < -0.3 is 9.80 Å². The van der Waals surface area contributed by atoms with Crippen LogP contribution in [0.25, 0.3) is 0 Å². The van der Waals surface area contributed by atoms with Gasteiger partial charge >= 0.3 is 0 Å². The summed E-state index contributed by atoms with van der Waals surface area (Å²) < 4.78 is 0. The molecule has 0 saturated carbocycles. The zero-order valence-corrected chi connectivity index (χ0v) is 12.8. The van der Waals surface area contributed by atoms with E-state index in [0.717, 1.165) is 19.5 Å². The number of hydrogen-bond acceptors (Lipinski definition) is 2. The molecule has 2 heterocycles. The van der Waals surface area contributed by atoms with Crippen molar-refractivity contribution in [1.82, 2.24) is 4.90 Å². The first-order valence-corrected chi connectivity index (χ1v) is 7.91. The third kappa shape index (κ3) is 2.17. The van der Waals surface area contributed by atoms with Gasteiger partial charge in [0.05, 0.1) is 6.54 Å². The summed E-state index contributed by atoms with van der Waals surface area (Å²) in [7, 11) is 0. The van der Waals surface area contributed by atoms with E-state index in [1.807, 2.05) is 17.0 Å². The van der Waals surface area contributed by atoms with Gasteiger partial charge in [0.25, 0.3) is 0 Å². The second-order valence-electron chi connectivity index (χ2n) is 6.33. The average Bonchev–Trinajstić information content (AvgIpc) is 3.09. The standard InChI is InChI=1S/C19H20N2O/c1-14-10-15-6-4-5-9-18(15)21(14)13-19(22)20-11-16-7-2-3-8-17(16)12-20/h2-9,14H,10-13H2,1H3/t14-/m1/s1. The summed E-state index contributed by atoms with van der Waals surface area (Å²) >= 11 is 0. The van der Waals surface area contributed by atoms with Crippen molar-refractivity contribution in [2.24, 2.45) is 0 Å². The molecule has 2 aromatic rings. The van der Waals surface area contributed by atoms with Crippen molar-refractivity contribution in [2.45, 2.75) is 32.5 Å². The molecule has 0 saturated heterocycles. The molecular formula is C19H20N2O. The number of para-hydroxylation sites is 1. The molecule has 1 atom stereocenters. The lowest BCUT2D eigenvalue weighted by Crippen LogP contribution is -2.40. The predicted octanol–water partition coefficient (Wildman–Crippen LogP) is 2.98. The van der Waals surface area contributed by atoms with Crippen molar-refractivity contribution < 1.29 is 4.79 Å². The van der Waals surface area contributed by atoms with Gasteiger partial charge in [-0.05, 0) is 36.1 Å². The van der Waals surface area contributed by atoms with Crippen molar-refractivity contribution in [2.75, 3.05) is 11.4 Å². The lowest BCUT2D eigenvalue weighted by Gasteiger charge is -2.27. The van der Waals surface area contributed by atoms with Crippen LogP contribution in [0.3, 0.4) is 0 Å². The summed E-state index contributed by atoms with van der Waals surface area (Å²) in [6, 6.07) is 17.2. The molecule has 3 nitrogen and oxygen atoms in total. The summed E-state index contributed by atoms with van der Waals surface area (Å²) in [5.74, 6) is 0.222. The second-order valence-corrected chi connectivity index (χ2v) is 6.33. The first kappa shape index (κ1) is 13.4. The molecule has 1 amide bonds. The summed E-state index contributed by atoms with van der Waals surface area (Å²) in [4.78, 5) is 16.9. The molecular weight excluding hydrogens is 272 g/mol. The quantitative estimate of drug-likeness (QED) is 0.849. The van der Waals surface area contributed by atoms with Crippen LogP contribution in [0.1, 0.15) is 23.6 Å². The Labute approximate surface area is 131 Å².